The molecule has 0 radical (unpaired) electrons. The first-order valence-electron chi connectivity index (χ1n) is 9.95. The van der Waals surface area contributed by atoms with Crippen molar-refractivity contribution in [2.45, 2.75) is 51.9 Å². The largest absolute Gasteiger partial charge is 0.386 e. The number of benzene rings is 1. The number of hydrogen-bond donors (Lipinski definition) is 1. The molecule has 0 saturated heterocycles. The fourth-order valence-corrected chi connectivity index (χ4v) is 4.31. The zero-order valence-electron chi connectivity index (χ0n) is 19.4. The van der Waals surface area contributed by atoms with Crippen molar-refractivity contribution in [3.05, 3.63) is 65.2 Å². The Morgan fingerprint density at radius 1 is 0.938 bits per heavy atom. The number of rotatable bonds is 6. The van der Waals surface area contributed by atoms with E-state index in [1.807, 2.05) is 13.1 Å². The van der Waals surface area contributed by atoms with Crippen molar-refractivity contribution < 1.29 is 0 Å². The van der Waals surface area contributed by atoms with Crippen LogP contribution < -0.4 is 5.32 Å². The molecule has 1 N–H and O–H groups in total. The van der Waals surface area contributed by atoms with E-state index in [4.69, 9.17) is 4.98 Å². The van der Waals surface area contributed by atoms with E-state index >= 15 is 0 Å². The Morgan fingerprint density at radius 2 is 1.53 bits per heavy atom. The van der Waals surface area contributed by atoms with Gasteiger partial charge >= 0.3 is 0 Å². The molecule has 0 aliphatic rings. The highest BCUT2D eigenvalue weighted by Gasteiger charge is 2.22. The summed E-state index contributed by atoms with van der Waals surface area (Å²) >= 11 is 1.65. The van der Waals surface area contributed by atoms with Crippen molar-refractivity contribution >= 4 is 54.7 Å². The van der Waals surface area contributed by atoms with E-state index in [2.05, 4.69) is 74.2 Å². The number of nitrogens with one attached hydrogen (secondary N) is 1. The molecular formula is C24H33Cl3N4S. The lowest BCUT2D eigenvalue weighted by molar-refractivity contribution is 0.406. The predicted molar refractivity (Wildman–Crippen MR) is 145 cm³/mol. The van der Waals surface area contributed by atoms with Crippen LogP contribution in [-0.2, 0) is 12.2 Å². The maximum Gasteiger partial charge on any atom is 0.187 e. The summed E-state index contributed by atoms with van der Waals surface area (Å²) in [6.45, 7) is 11.0. The molecule has 0 atom stereocenters. The molecule has 3 rings (SSSR count). The molecule has 4 nitrogen and oxygen atoms in total. The van der Waals surface area contributed by atoms with Gasteiger partial charge in [0.15, 0.2) is 5.16 Å². The molecule has 32 heavy (non-hydrogen) atoms. The van der Waals surface area contributed by atoms with Crippen molar-refractivity contribution in [2.75, 3.05) is 12.4 Å². The second kappa shape index (κ2) is 13.2. The lowest BCUT2D eigenvalue weighted by Crippen LogP contribution is -2.15. The van der Waals surface area contributed by atoms with Gasteiger partial charge in [0.05, 0.1) is 11.4 Å². The van der Waals surface area contributed by atoms with Crippen LogP contribution in [0.15, 0.2) is 47.9 Å². The highest BCUT2D eigenvalue weighted by atomic mass is 35.5. The molecule has 2 aromatic heterocycles. The molecule has 176 valence electrons. The van der Waals surface area contributed by atoms with Gasteiger partial charge < -0.3 is 5.32 Å². The topological polar surface area (TPSA) is 50.7 Å². The zero-order valence-corrected chi connectivity index (χ0v) is 22.7. The Balaban J connectivity index is 0.00000320. The van der Waals surface area contributed by atoms with E-state index in [9.17, 15) is 0 Å². The minimum absolute atomic E-state index is 0. The zero-order chi connectivity index (χ0) is 21.0. The summed E-state index contributed by atoms with van der Waals surface area (Å²) in [4.78, 5) is 13.8. The van der Waals surface area contributed by atoms with E-state index in [1.165, 1.54) is 22.3 Å². The van der Waals surface area contributed by atoms with Gasteiger partial charge in [-0.1, -0.05) is 62.4 Å². The predicted octanol–water partition coefficient (Wildman–Crippen LogP) is 7.34. The Bertz CT molecular complexity index is 975. The summed E-state index contributed by atoms with van der Waals surface area (Å²) in [6.07, 6.45) is 4.48. The summed E-state index contributed by atoms with van der Waals surface area (Å²) in [6, 6.07) is 10.6. The van der Waals surface area contributed by atoms with Crippen LogP contribution in [0.4, 0.5) is 5.69 Å². The SMILES string of the molecule is CNc1c(CC(C)(C)C)nc(C)c(CSc2ncccn2)c1-c1ccc(C)cc1.Cl.Cl.Cl. The van der Waals surface area contributed by atoms with Crippen LogP contribution >= 0.6 is 49.0 Å². The molecule has 1 aromatic carbocycles. The van der Waals surface area contributed by atoms with E-state index in [-0.39, 0.29) is 42.6 Å². The van der Waals surface area contributed by atoms with Gasteiger partial charge in [-0.3, -0.25) is 4.98 Å². The maximum absolute atomic E-state index is 5.03. The van der Waals surface area contributed by atoms with Crippen molar-refractivity contribution in [2.24, 2.45) is 5.41 Å². The number of halogens is 3. The summed E-state index contributed by atoms with van der Waals surface area (Å²) in [5.74, 6) is 0.774. The number of aromatic nitrogens is 3. The van der Waals surface area contributed by atoms with Crippen LogP contribution in [0, 0.1) is 19.3 Å². The molecule has 0 spiro atoms. The Kier molecular flexibility index (Phi) is 12.6. The van der Waals surface area contributed by atoms with Crippen molar-refractivity contribution in [1.29, 1.82) is 0 Å². The monoisotopic (exact) mass is 514 g/mol. The molecule has 0 saturated carbocycles. The molecular weight excluding hydrogens is 483 g/mol. The van der Waals surface area contributed by atoms with E-state index in [0.717, 1.165) is 34.4 Å². The van der Waals surface area contributed by atoms with Gasteiger partial charge in [0.25, 0.3) is 0 Å². The van der Waals surface area contributed by atoms with E-state index in [0.29, 0.717) is 0 Å². The van der Waals surface area contributed by atoms with Crippen LogP contribution in [0.3, 0.4) is 0 Å². The molecule has 0 aliphatic heterocycles. The number of anilines is 1. The fraction of sp³-hybridized carbons (Fsp3) is 0.375. The Hall–Kier alpha value is -1.53. The third-order valence-electron chi connectivity index (χ3n) is 4.76. The Labute approximate surface area is 215 Å². The molecule has 2 heterocycles. The lowest BCUT2D eigenvalue weighted by atomic mass is 9.87. The highest BCUT2D eigenvalue weighted by molar-refractivity contribution is 7.98. The fourth-order valence-electron chi connectivity index (χ4n) is 3.41. The smallest absolute Gasteiger partial charge is 0.187 e. The molecule has 0 unspecified atom stereocenters. The lowest BCUT2D eigenvalue weighted by Gasteiger charge is -2.24. The van der Waals surface area contributed by atoms with Gasteiger partial charge in [-0.05, 0) is 42.9 Å². The molecule has 0 amide bonds. The minimum atomic E-state index is 0. The second-order valence-corrected chi connectivity index (χ2v) is 9.49. The van der Waals surface area contributed by atoms with Gasteiger partial charge in [0.2, 0.25) is 0 Å². The minimum Gasteiger partial charge on any atom is -0.386 e. The van der Waals surface area contributed by atoms with Gasteiger partial charge in [-0.2, -0.15) is 0 Å². The average molecular weight is 516 g/mol. The normalized spacial score (nSPS) is 10.4. The van der Waals surface area contributed by atoms with E-state index in [1.54, 1.807) is 24.2 Å². The van der Waals surface area contributed by atoms with Gasteiger partial charge in [-0.25, -0.2) is 9.97 Å². The number of aryl methyl sites for hydroxylation is 2. The molecule has 3 aromatic rings. The summed E-state index contributed by atoms with van der Waals surface area (Å²) in [7, 11) is 1.99. The molecule has 0 fully saturated rings. The van der Waals surface area contributed by atoms with Crippen molar-refractivity contribution in [1.82, 2.24) is 15.0 Å². The number of thioether (sulfide) groups is 1. The third-order valence-corrected chi connectivity index (χ3v) is 5.66. The average Bonchev–Trinajstić information content (AvgIpc) is 2.67. The van der Waals surface area contributed by atoms with Gasteiger partial charge in [0, 0.05) is 36.5 Å². The standard InChI is InChI=1S/C24H30N4S.3ClH/c1-16-8-10-18(11-9-16)21-19(15-29-23-26-12-7-13-27-23)17(2)28-20(22(21)25-6)14-24(3,4)5;;;/h7-13,25H,14-15H2,1-6H3;3*1H. The summed E-state index contributed by atoms with van der Waals surface area (Å²) in [5.41, 5.74) is 8.42. The molecule has 0 aliphatic carbocycles. The third kappa shape index (κ3) is 7.80. The van der Waals surface area contributed by atoms with Crippen LogP contribution in [-0.4, -0.2) is 22.0 Å². The summed E-state index contributed by atoms with van der Waals surface area (Å²) < 4.78 is 0. The van der Waals surface area contributed by atoms with Crippen LogP contribution in [0.5, 0.6) is 0 Å². The highest BCUT2D eigenvalue weighted by Crippen LogP contribution is 2.39. The summed E-state index contributed by atoms with van der Waals surface area (Å²) in [5, 5.41) is 4.25. The quantitative estimate of drug-likeness (QED) is 0.275. The first kappa shape index (κ1) is 30.5. The number of nitrogens with zero attached hydrogens (tertiary/aromatic N) is 3. The first-order valence-corrected chi connectivity index (χ1v) is 10.9. The number of pyridine rings is 1. The van der Waals surface area contributed by atoms with Gasteiger partial charge in [-0.15, -0.1) is 37.2 Å². The van der Waals surface area contributed by atoms with Crippen molar-refractivity contribution in [3.63, 3.8) is 0 Å². The first-order chi connectivity index (χ1) is 13.8. The van der Waals surface area contributed by atoms with Gasteiger partial charge in [0.1, 0.15) is 0 Å². The molecule has 0 bridgehead atoms. The second-order valence-electron chi connectivity index (χ2n) is 8.55. The number of hydrogen-bond acceptors (Lipinski definition) is 5. The van der Waals surface area contributed by atoms with E-state index < -0.39 is 0 Å². The molecule has 8 heteroatoms. The van der Waals surface area contributed by atoms with Crippen LogP contribution in [0.1, 0.15) is 43.3 Å². The Morgan fingerprint density at radius 3 is 2.06 bits per heavy atom. The maximum atomic E-state index is 5.03. The van der Waals surface area contributed by atoms with Crippen LogP contribution in [0.2, 0.25) is 0 Å². The van der Waals surface area contributed by atoms with Crippen LogP contribution in [0.25, 0.3) is 11.1 Å². The van der Waals surface area contributed by atoms with Crippen molar-refractivity contribution in [3.8, 4) is 11.1 Å².